The van der Waals surface area contributed by atoms with Crippen molar-refractivity contribution in [2.75, 3.05) is 19.6 Å². The zero-order valence-corrected chi connectivity index (χ0v) is 11.3. The van der Waals surface area contributed by atoms with Crippen molar-refractivity contribution in [3.8, 4) is 0 Å². The van der Waals surface area contributed by atoms with Crippen LogP contribution < -0.4 is 0 Å². The van der Waals surface area contributed by atoms with Gasteiger partial charge in [0.2, 0.25) is 0 Å². The number of benzene rings is 1. The molecule has 0 heterocycles. The van der Waals surface area contributed by atoms with Gasteiger partial charge in [0.15, 0.2) is 0 Å². The molecule has 0 aliphatic heterocycles. The highest BCUT2D eigenvalue weighted by atomic mass is 35.5. The highest BCUT2D eigenvalue weighted by Crippen LogP contribution is 2.11. The maximum absolute atomic E-state index is 11.8. The normalized spacial score (nSPS) is 10.8. The lowest BCUT2D eigenvalue weighted by Gasteiger charge is -2.17. The molecule has 0 N–H and O–H groups in total. The van der Waals surface area contributed by atoms with Gasteiger partial charge in [-0.1, -0.05) is 37.6 Å². The molecule has 1 rings (SSSR count). The summed E-state index contributed by atoms with van der Waals surface area (Å²) in [6.45, 7) is 7.09. The molecular weight excluding hydrogens is 234 g/mol. The van der Waals surface area contributed by atoms with Crippen LogP contribution >= 0.6 is 11.6 Å². The van der Waals surface area contributed by atoms with Crippen LogP contribution in [0.2, 0.25) is 5.02 Å². The van der Waals surface area contributed by atoms with Crippen molar-refractivity contribution in [1.29, 1.82) is 0 Å². The maximum atomic E-state index is 11.8. The fourth-order valence-corrected chi connectivity index (χ4v) is 2.00. The van der Waals surface area contributed by atoms with E-state index < -0.39 is 0 Å². The Labute approximate surface area is 109 Å². The Balaban J connectivity index is 2.39. The molecule has 0 spiro atoms. The van der Waals surface area contributed by atoms with E-state index in [2.05, 4.69) is 18.7 Å². The monoisotopic (exact) mass is 253 g/mol. The minimum Gasteiger partial charge on any atom is -0.303 e. The van der Waals surface area contributed by atoms with Crippen LogP contribution in [0, 0.1) is 0 Å². The Hall–Kier alpha value is -0.860. The van der Waals surface area contributed by atoms with Crippen molar-refractivity contribution < 1.29 is 4.79 Å². The summed E-state index contributed by atoms with van der Waals surface area (Å²) in [5.74, 6) is 0.277. The largest absolute Gasteiger partial charge is 0.303 e. The summed E-state index contributed by atoms with van der Waals surface area (Å²) in [4.78, 5) is 14.1. The molecule has 0 aliphatic rings. The lowest BCUT2D eigenvalue weighted by Crippen LogP contribution is -2.26. The predicted molar refractivity (Wildman–Crippen MR) is 72.6 cm³/mol. The number of ketones is 1. The van der Waals surface area contributed by atoms with Gasteiger partial charge >= 0.3 is 0 Å². The lowest BCUT2D eigenvalue weighted by molar-refractivity contribution is -0.118. The summed E-state index contributed by atoms with van der Waals surface area (Å²) in [5.41, 5.74) is 1.00. The molecular formula is C14H20ClNO. The fraction of sp³-hybridized carbons (Fsp3) is 0.500. The number of carbonyl (C=O) groups is 1. The molecule has 0 unspecified atom stereocenters. The summed E-state index contributed by atoms with van der Waals surface area (Å²) >= 11 is 5.88. The first-order valence-electron chi connectivity index (χ1n) is 6.14. The molecule has 0 radical (unpaired) electrons. The van der Waals surface area contributed by atoms with E-state index in [9.17, 15) is 4.79 Å². The molecule has 0 aliphatic carbocycles. The van der Waals surface area contributed by atoms with Gasteiger partial charge in [-0.25, -0.2) is 0 Å². The van der Waals surface area contributed by atoms with Crippen molar-refractivity contribution in [2.24, 2.45) is 0 Å². The SMILES string of the molecule is CCN(CC)CCC(=O)Cc1cccc(Cl)c1. The number of rotatable bonds is 7. The van der Waals surface area contributed by atoms with Gasteiger partial charge in [-0.2, -0.15) is 0 Å². The standard InChI is InChI=1S/C14H20ClNO/c1-3-16(4-2)9-8-14(17)11-12-6-5-7-13(15)10-12/h5-7,10H,3-4,8-9,11H2,1-2H3. The Morgan fingerprint density at radius 1 is 1.29 bits per heavy atom. The molecule has 2 nitrogen and oxygen atoms in total. The first kappa shape index (κ1) is 14.2. The second-order valence-corrected chi connectivity index (χ2v) is 4.56. The van der Waals surface area contributed by atoms with Gasteiger partial charge in [-0.15, -0.1) is 0 Å². The van der Waals surface area contributed by atoms with Crippen LogP contribution in [-0.4, -0.2) is 30.3 Å². The van der Waals surface area contributed by atoms with Crippen LogP contribution in [0.4, 0.5) is 0 Å². The number of Topliss-reactive ketones (excluding diaryl/α,β-unsaturated/α-hetero) is 1. The molecule has 3 heteroatoms. The molecule has 94 valence electrons. The molecule has 0 saturated carbocycles. The van der Waals surface area contributed by atoms with E-state index in [4.69, 9.17) is 11.6 Å². The number of hydrogen-bond donors (Lipinski definition) is 0. The van der Waals surface area contributed by atoms with Gasteiger partial charge in [0.1, 0.15) is 5.78 Å². The quantitative estimate of drug-likeness (QED) is 0.744. The molecule has 1 aromatic rings. The summed E-state index contributed by atoms with van der Waals surface area (Å²) in [5, 5.41) is 0.694. The van der Waals surface area contributed by atoms with Crippen molar-refractivity contribution in [3.05, 3.63) is 34.9 Å². The maximum Gasteiger partial charge on any atom is 0.138 e. The van der Waals surface area contributed by atoms with Crippen molar-refractivity contribution >= 4 is 17.4 Å². The van der Waals surface area contributed by atoms with Crippen molar-refractivity contribution in [1.82, 2.24) is 4.90 Å². The van der Waals surface area contributed by atoms with E-state index in [1.807, 2.05) is 24.3 Å². The molecule has 0 fully saturated rings. The molecule has 17 heavy (non-hydrogen) atoms. The predicted octanol–water partition coefficient (Wildman–Crippen LogP) is 3.18. The van der Waals surface area contributed by atoms with E-state index in [0.29, 0.717) is 17.9 Å². The fourth-order valence-electron chi connectivity index (χ4n) is 1.79. The Morgan fingerprint density at radius 3 is 2.59 bits per heavy atom. The molecule has 0 atom stereocenters. The highest BCUT2D eigenvalue weighted by Gasteiger charge is 2.06. The Bertz CT molecular complexity index is 361. The first-order chi connectivity index (χ1) is 8.15. The number of nitrogens with zero attached hydrogens (tertiary/aromatic N) is 1. The zero-order valence-electron chi connectivity index (χ0n) is 10.6. The van der Waals surface area contributed by atoms with E-state index >= 15 is 0 Å². The van der Waals surface area contributed by atoms with Crippen LogP contribution in [0.3, 0.4) is 0 Å². The Kier molecular flexibility index (Phi) is 6.23. The summed E-state index contributed by atoms with van der Waals surface area (Å²) in [6.07, 6.45) is 1.11. The smallest absolute Gasteiger partial charge is 0.138 e. The molecule has 0 aromatic heterocycles. The topological polar surface area (TPSA) is 20.3 Å². The molecule has 1 aromatic carbocycles. The van der Waals surface area contributed by atoms with E-state index in [1.165, 1.54) is 0 Å². The minimum atomic E-state index is 0.277. The number of carbonyl (C=O) groups excluding carboxylic acids is 1. The zero-order chi connectivity index (χ0) is 12.7. The molecule has 0 saturated heterocycles. The van der Waals surface area contributed by atoms with Gasteiger partial charge in [0.25, 0.3) is 0 Å². The van der Waals surface area contributed by atoms with Gasteiger partial charge in [0.05, 0.1) is 0 Å². The second-order valence-electron chi connectivity index (χ2n) is 4.12. The van der Waals surface area contributed by atoms with Gasteiger partial charge < -0.3 is 4.90 Å². The third kappa shape index (κ3) is 5.33. The first-order valence-corrected chi connectivity index (χ1v) is 6.52. The molecule has 0 bridgehead atoms. The van der Waals surface area contributed by atoms with Gasteiger partial charge in [0, 0.05) is 24.4 Å². The summed E-state index contributed by atoms with van der Waals surface area (Å²) in [6, 6.07) is 7.51. The summed E-state index contributed by atoms with van der Waals surface area (Å²) in [7, 11) is 0. The third-order valence-electron chi connectivity index (χ3n) is 2.89. The van der Waals surface area contributed by atoms with E-state index in [0.717, 1.165) is 25.2 Å². The van der Waals surface area contributed by atoms with Crippen LogP contribution in [0.5, 0.6) is 0 Å². The van der Waals surface area contributed by atoms with Gasteiger partial charge in [-0.05, 0) is 30.8 Å². The van der Waals surface area contributed by atoms with Gasteiger partial charge in [-0.3, -0.25) is 4.79 Å². The molecule has 0 amide bonds. The summed E-state index contributed by atoms with van der Waals surface area (Å²) < 4.78 is 0. The number of hydrogen-bond acceptors (Lipinski definition) is 2. The highest BCUT2D eigenvalue weighted by molar-refractivity contribution is 6.30. The minimum absolute atomic E-state index is 0.277. The lowest BCUT2D eigenvalue weighted by atomic mass is 10.1. The average Bonchev–Trinajstić information content (AvgIpc) is 2.30. The third-order valence-corrected chi connectivity index (χ3v) is 3.13. The van der Waals surface area contributed by atoms with Crippen molar-refractivity contribution in [2.45, 2.75) is 26.7 Å². The van der Waals surface area contributed by atoms with E-state index in [1.54, 1.807) is 0 Å². The van der Waals surface area contributed by atoms with E-state index in [-0.39, 0.29) is 5.78 Å². The van der Waals surface area contributed by atoms with Crippen LogP contribution in [0.15, 0.2) is 24.3 Å². The van der Waals surface area contributed by atoms with Crippen LogP contribution in [0.1, 0.15) is 25.8 Å². The van der Waals surface area contributed by atoms with Crippen LogP contribution in [-0.2, 0) is 11.2 Å². The van der Waals surface area contributed by atoms with Crippen LogP contribution in [0.25, 0.3) is 0 Å². The number of halogens is 1. The average molecular weight is 254 g/mol. The second kappa shape index (κ2) is 7.46. The van der Waals surface area contributed by atoms with Crippen molar-refractivity contribution in [3.63, 3.8) is 0 Å². The Morgan fingerprint density at radius 2 is 2.00 bits per heavy atom.